The van der Waals surface area contributed by atoms with E-state index in [0.717, 1.165) is 51.1 Å². The molecule has 0 bridgehead atoms. The van der Waals surface area contributed by atoms with Crippen molar-refractivity contribution >= 4 is 23.2 Å². The van der Waals surface area contributed by atoms with Crippen molar-refractivity contribution in [3.8, 4) is 0 Å². The predicted octanol–water partition coefficient (Wildman–Crippen LogP) is 2.06. The fourth-order valence-corrected chi connectivity index (χ4v) is 3.55. The Hall–Kier alpha value is -1.40. The van der Waals surface area contributed by atoms with E-state index in [0.29, 0.717) is 12.5 Å². The number of nitrogens with zero attached hydrogens (tertiary/aromatic N) is 2. The number of hydrogen-bond acceptors (Lipinski definition) is 4. The SMILES string of the molecule is CCC(CC)C(=O)N1CCN(CCNC(=O)c2ccsc2)CC1. The number of hydrogen-bond donors (Lipinski definition) is 1. The van der Waals surface area contributed by atoms with Gasteiger partial charge in [-0.15, -0.1) is 0 Å². The van der Waals surface area contributed by atoms with Crippen LogP contribution in [0.1, 0.15) is 37.0 Å². The molecule has 0 atom stereocenters. The monoisotopic (exact) mass is 337 g/mol. The smallest absolute Gasteiger partial charge is 0.252 e. The zero-order valence-electron chi connectivity index (χ0n) is 14.1. The lowest BCUT2D eigenvalue weighted by atomic mass is 10.0. The van der Waals surface area contributed by atoms with E-state index >= 15 is 0 Å². The highest BCUT2D eigenvalue weighted by molar-refractivity contribution is 7.08. The Labute approximate surface area is 142 Å². The molecule has 1 aliphatic heterocycles. The molecule has 1 saturated heterocycles. The Morgan fingerprint density at radius 1 is 1.22 bits per heavy atom. The zero-order chi connectivity index (χ0) is 16.7. The van der Waals surface area contributed by atoms with Crippen molar-refractivity contribution in [2.75, 3.05) is 39.3 Å². The van der Waals surface area contributed by atoms with Gasteiger partial charge >= 0.3 is 0 Å². The van der Waals surface area contributed by atoms with E-state index in [1.165, 1.54) is 11.3 Å². The van der Waals surface area contributed by atoms with E-state index in [9.17, 15) is 9.59 Å². The second-order valence-electron chi connectivity index (χ2n) is 5.95. The van der Waals surface area contributed by atoms with E-state index in [1.54, 1.807) is 0 Å². The molecule has 0 spiro atoms. The van der Waals surface area contributed by atoms with Gasteiger partial charge in [-0.25, -0.2) is 0 Å². The standard InChI is InChI=1S/C17H27N3O2S/c1-3-14(4-2)17(22)20-10-8-19(9-11-20)7-6-18-16(21)15-5-12-23-13-15/h5,12-14H,3-4,6-11H2,1-2H3,(H,18,21). The largest absolute Gasteiger partial charge is 0.351 e. The van der Waals surface area contributed by atoms with Crippen molar-refractivity contribution in [2.24, 2.45) is 5.92 Å². The highest BCUT2D eigenvalue weighted by Gasteiger charge is 2.25. The third-order valence-electron chi connectivity index (χ3n) is 4.52. The van der Waals surface area contributed by atoms with Crippen LogP contribution in [0.2, 0.25) is 0 Å². The third-order valence-corrected chi connectivity index (χ3v) is 5.20. The minimum Gasteiger partial charge on any atom is -0.351 e. The van der Waals surface area contributed by atoms with Crippen molar-refractivity contribution in [3.05, 3.63) is 22.4 Å². The fraction of sp³-hybridized carbons (Fsp3) is 0.647. The molecule has 2 amide bonds. The highest BCUT2D eigenvalue weighted by atomic mass is 32.1. The third kappa shape index (κ3) is 5.04. The van der Waals surface area contributed by atoms with Crippen LogP contribution in [0.15, 0.2) is 16.8 Å². The van der Waals surface area contributed by atoms with E-state index in [2.05, 4.69) is 24.1 Å². The molecule has 0 unspecified atom stereocenters. The van der Waals surface area contributed by atoms with Crippen LogP contribution in [0.3, 0.4) is 0 Å². The van der Waals surface area contributed by atoms with Gasteiger partial charge in [0.25, 0.3) is 5.91 Å². The zero-order valence-corrected chi connectivity index (χ0v) is 14.9. The Kier molecular flexibility index (Phi) is 7.05. The summed E-state index contributed by atoms with van der Waals surface area (Å²) in [6.45, 7) is 9.02. The summed E-state index contributed by atoms with van der Waals surface area (Å²) in [7, 11) is 0. The van der Waals surface area contributed by atoms with Gasteiger partial charge in [0.1, 0.15) is 0 Å². The lowest BCUT2D eigenvalue weighted by molar-refractivity contribution is -0.137. The van der Waals surface area contributed by atoms with E-state index in [1.807, 2.05) is 21.7 Å². The quantitative estimate of drug-likeness (QED) is 0.828. The number of carbonyl (C=O) groups excluding carboxylic acids is 2. The first-order valence-corrected chi connectivity index (χ1v) is 9.41. The van der Waals surface area contributed by atoms with Gasteiger partial charge in [-0.2, -0.15) is 11.3 Å². The molecule has 1 fully saturated rings. The number of carbonyl (C=O) groups is 2. The molecule has 5 nitrogen and oxygen atoms in total. The minimum atomic E-state index is -0.00574. The van der Waals surface area contributed by atoms with Crippen LogP contribution in [-0.4, -0.2) is 60.9 Å². The molecule has 0 aliphatic carbocycles. The first-order chi connectivity index (χ1) is 11.2. The molecule has 1 N–H and O–H groups in total. The van der Waals surface area contributed by atoms with Gasteiger partial charge in [0, 0.05) is 56.1 Å². The van der Waals surface area contributed by atoms with E-state index in [-0.39, 0.29) is 11.8 Å². The molecular formula is C17H27N3O2S. The summed E-state index contributed by atoms with van der Waals surface area (Å²) in [5.74, 6) is 0.473. The van der Waals surface area contributed by atoms with Crippen LogP contribution in [0.25, 0.3) is 0 Å². The summed E-state index contributed by atoms with van der Waals surface area (Å²) in [6.07, 6.45) is 1.84. The van der Waals surface area contributed by atoms with E-state index in [4.69, 9.17) is 0 Å². The number of nitrogens with one attached hydrogen (secondary N) is 1. The Balaban J connectivity index is 1.67. The molecule has 6 heteroatoms. The maximum Gasteiger partial charge on any atom is 0.252 e. The molecule has 23 heavy (non-hydrogen) atoms. The molecule has 1 aromatic heterocycles. The van der Waals surface area contributed by atoms with Gasteiger partial charge < -0.3 is 10.2 Å². The topological polar surface area (TPSA) is 52.7 Å². The van der Waals surface area contributed by atoms with Crippen molar-refractivity contribution < 1.29 is 9.59 Å². The molecule has 0 radical (unpaired) electrons. The van der Waals surface area contributed by atoms with Crippen molar-refractivity contribution in [2.45, 2.75) is 26.7 Å². The number of thiophene rings is 1. The number of amides is 2. The molecule has 128 valence electrons. The van der Waals surface area contributed by atoms with Gasteiger partial charge in [-0.1, -0.05) is 13.8 Å². The van der Waals surface area contributed by atoms with Gasteiger partial charge in [0.05, 0.1) is 0 Å². The summed E-state index contributed by atoms with van der Waals surface area (Å²) >= 11 is 1.53. The minimum absolute atomic E-state index is 0.00574. The van der Waals surface area contributed by atoms with Gasteiger partial charge in [0.2, 0.25) is 5.91 Å². The molecule has 2 rings (SSSR count). The lowest BCUT2D eigenvalue weighted by Crippen LogP contribution is -2.51. The van der Waals surface area contributed by atoms with Crippen LogP contribution < -0.4 is 5.32 Å². The molecule has 2 heterocycles. The Morgan fingerprint density at radius 2 is 1.91 bits per heavy atom. The normalized spacial score (nSPS) is 15.9. The summed E-state index contributed by atoms with van der Waals surface area (Å²) in [6, 6.07) is 1.84. The summed E-state index contributed by atoms with van der Waals surface area (Å²) in [5, 5.41) is 6.71. The van der Waals surface area contributed by atoms with Crippen LogP contribution >= 0.6 is 11.3 Å². The van der Waals surface area contributed by atoms with Crippen LogP contribution in [0.4, 0.5) is 0 Å². The second-order valence-corrected chi connectivity index (χ2v) is 6.73. The van der Waals surface area contributed by atoms with Crippen molar-refractivity contribution in [1.29, 1.82) is 0 Å². The number of piperazine rings is 1. The Bertz CT molecular complexity index is 492. The highest BCUT2D eigenvalue weighted by Crippen LogP contribution is 2.13. The van der Waals surface area contributed by atoms with E-state index < -0.39 is 0 Å². The fourth-order valence-electron chi connectivity index (χ4n) is 2.91. The summed E-state index contributed by atoms with van der Waals surface area (Å²) in [5.41, 5.74) is 0.732. The number of rotatable bonds is 7. The summed E-state index contributed by atoms with van der Waals surface area (Å²) < 4.78 is 0. The average Bonchev–Trinajstić information content (AvgIpc) is 3.11. The van der Waals surface area contributed by atoms with Crippen molar-refractivity contribution in [1.82, 2.24) is 15.1 Å². The molecule has 1 aromatic rings. The summed E-state index contributed by atoms with van der Waals surface area (Å²) in [4.78, 5) is 28.5. The molecular weight excluding hydrogens is 310 g/mol. The van der Waals surface area contributed by atoms with Gasteiger partial charge in [-0.05, 0) is 24.3 Å². The molecule has 0 aromatic carbocycles. The van der Waals surface area contributed by atoms with Crippen molar-refractivity contribution in [3.63, 3.8) is 0 Å². The maximum absolute atomic E-state index is 12.4. The first-order valence-electron chi connectivity index (χ1n) is 8.47. The first kappa shape index (κ1) is 17.9. The molecule has 1 aliphatic rings. The molecule has 0 saturated carbocycles. The Morgan fingerprint density at radius 3 is 2.48 bits per heavy atom. The average molecular weight is 337 g/mol. The van der Waals surface area contributed by atoms with Crippen LogP contribution in [-0.2, 0) is 4.79 Å². The van der Waals surface area contributed by atoms with Crippen LogP contribution in [0.5, 0.6) is 0 Å². The second kappa shape index (κ2) is 9.03. The van der Waals surface area contributed by atoms with Gasteiger partial charge in [0.15, 0.2) is 0 Å². The lowest BCUT2D eigenvalue weighted by Gasteiger charge is -2.36. The predicted molar refractivity (Wildman–Crippen MR) is 93.7 cm³/mol. The van der Waals surface area contributed by atoms with Gasteiger partial charge in [-0.3, -0.25) is 14.5 Å². The van der Waals surface area contributed by atoms with Crippen LogP contribution in [0, 0.1) is 5.92 Å². The maximum atomic E-state index is 12.4.